The molecule has 11 heteroatoms. The Bertz CT molecular complexity index is 1200. The lowest BCUT2D eigenvalue weighted by molar-refractivity contribution is -0.128. The van der Waals surface area contributed by atoms with Crippen LogP contribution in [0.1, 0.15) is 85.9 Å². The van der Waals surface area contributed by atoms with Gasteiger partial charge in [-0.15, -0.1) is 5.10 Å². The van der Waals surface area contributed by atoms with Gasteiger partial charge < -0.3 is 30.4 Å². The molecule has 0 aliphatic carbocycles. The summed E-state index contributed by atoms with van der Waals surface area (Å²) >= 11 is 0. The lowest BCUT2D eigenvalue weighted by Gasteiger charge is -2.31. The molecular weight excluding hydrogens is 608 g/mol. The highest BCUT2D eigenvalue weighted by molar-refractivity contribution is 5.79. The third kappa shape index (κ3) is 14.0. The first-order chi connectivity index (χ1) is 22.7. The van der Waals surface area contributed by atoms with Gasteiger partial charge in [0.2, 0.25) is 5.91 Å². The largest absolute Gasteiger partial charge is 0.493 e. The number of benzene rings is 1. The summed E-state index contributed by atoms with van der Waals surface area (Å²) in [6, 6.07) is 5.59. The van der Waals surface area contributed by atoms with E-state index < -0.39 is 12.1 Å². The average Bonchev–Trinajstić information content (AvgIpc) is 3.48. The van der Waals surface area contributed by atoms with Crippen molar-refractivity contribution >= 4 is 5.91 Å². The van der Waals surface area contributed by atoms with Crippen LogP contribution in [0.2, 0.25) is 0 Å². The smallest absolute Gasteiger partial charge is 0.223 e. The maximum absolute atomic E-state index is 13.5. The van der Waals surface area contributed by atoms with Gasteiger partial charge in [0, 0.05) is 63.3 Å². The molecule has 0 saturated heterocycles. The number of ether oxygens (including phenoxy) is 3. The standard InChI is InChI=1S/C37H66N6O5/c1-11-42(12-2)22-30-23-43(41-40-30)25-37(7,8)24-39-36(45)31(27(5)6)21-33(44)32(38)20-29(26(3)4)18-28-14-15-34(47-10)35(19-28)48-17-13-16-46-9/h14-15,19,23,26-27,29,31-33,44H,11-13,16-18,20-22,24-25,38H2,1-10H3,(H,39,45)/t29-,31-,32-,33-/m0/s1. The topological polar surface area (TPSA) is 137 Å². The van der Waals surface area contributed by atoms with Gasteiger partial charge in [0.25, 0.3) is 0 Å². The third-order valence-corrected chi connectivity index (χ3v) is 9.32. The number of amides is 1. The molecule has 0 spiro atoms. The number of methoxy groups -OCH3 is 2. The number of nitrogens with zero attached hydrogens (tertiary/aromatic N) is 4. The molecule has 48 heavy (non-hydrogen) atoms. The molecule has 1 aromatic heterocycles. The van der Waals surface area contributed by atoms with E-state index in [0.717, 1.165) is 43.7 Å². The van der Waals surface area contributed by atoms with Gasteiger partial charge in [-0.1, -0.05) is 66.7 Å². The van der Waals surface area contributed by atoms with Crippen molar-refractivity contribution in [1.29, 1.82) is 0 Å². The maximum atomic E-state index is 13.5. The van der Waals surface area contributed by atoms with Crippen LogP contribution in [0.15, 0.2) is 24.4 Å². The fourth-order valence-electron chi connectivity index (χ4n) is 5.98. The van der Waals surface area contributed by atoms with Gasteiger partial charge in [0.05, 0.1) is 25.5 Å². The number of aliphatic hydroxyl groups excluding tert-OH is 1. The highest BCUT2D eigenvalue weighted by atomic mass is 16.5. The molecule has 0 aliphatic rings. The van der Waals surface area contributed by atoms with Crippen LogP contribution >= 0.6 is 0 Å². The number of nitrogens with one attached hydrogen (secondary N) is 1. The van der Waals surface area contributed by atoms with E-state index in [1.165, 1.54) is 0 Å². The van der Waals surface area contributed by atoms with Crippen LogP contribution in [0, 0.1) is 29.1 Å². The van der Waals surface area contributed by atoms with Crippen molar-refractivity contribution in [3.05, 3.63) is 35.7 Å². The molecule has 4 atom stereocenters. The molecule has 1 amide bonds. The molecular formula is C37H66N6O5. The second kappa shape index (κ2) is 20.7. The lowest BCUT2D eigenvalue weighted by atomic mass is 9.80. The molecule has 1 heterocycles. The first-order valence-electron chi connectivity index (χ1n) is 17.8. The lowest BCUT2D eigenvalue weighted by Crippen LogP contribution is -2.44. The van der Waals surface area contributed by atoms with Crippen LogP contribution in [0.3, 0.4) is 0 Å². The first-order valence-corrected chi connectivity index (χ1v) is 17.8. The van der Waals surface area contributed by atoms with Crippen LogP contribution < -0.4 is 20.5 Å². The van der Waals surface area contributed by atoms with Crippen molar-refractivity contribution in [2.75, 3.05) is 47.1 Å². The van der Waals surface area contributed by atoms with Crippen molar-refractivity contribution in [2.24, 2.45) is 34.8 Å². The Balaban J connectivity index is 1.98. The molecule has 11 nitrogen and oxygen atoms in total. The number of carbonyl (C=O) groups excluding carboxylic acids is 1. The van der Waals surface area contributed by atoms with Crippen LogP contribution in [0.4, 0.5) is 0 Å². The number of aromatic nitrogens is 3. The van der Waals surface area contributed by atoms with Gasteiger partial charge in [-0.2, -0.15) is 0 Å². The summed E-state index contributed by atoms with van der Waals surface area (Å²) in [5.41, 5.74) is 8.48. The third-order valence-electron chi connectivity index (χ3n) is 9.32. The van der Waals surface area contributed by atoms with Gasteiger partial charge in [-0.05, 0) is 67.8 Å². The molecule has 4 N–H and O–H groups in total. The molecule has 274 valence electrons. The van der Waals surface area contributed by atoms with Crippen molar-refractivity contribution in [3.63, 3.8) is 0 Å². The number of hydrogen-bond donors (Lipinski definition) is 3. The first kappa shape index (κ1) is 41.4. The number of nitrogens with two attached hydrogens (primary N) is 1. The Kier molecular flexibility index (Phi) is 17.9. The van der Waals surface area contributed by atoms with E-state index in [2.05, 4.69) is 68.1 Å². The van der Waals surface area contributed by atoms with Crippen molar-refractivity contribution in [2.45, 2.75) is 106 Å². The van der Waals surface area contributed by atoms with E-state index in [1.807, 2.05) is 36.9 Å². The van der Waals surface area contributed by atoms with E-state index in [-0.39, 0.29) is 29.1 Å². The second-order valence-electron chi connectivity index (χ2n) is 14.7. The summed E-state index contributed by atoms with van der Waals surface area (Å²) in [6.07, 6.45) is 3.74. The van der Waals surface area contributed by atoms with E-state index >= 15 is 0 Å². The van der Waals surface area contributed by atoms with E-state index in [9.17, 15) is 9.90 Å². The fraction of sp³-hybridized carbons (Fsp3) is 0.757. The number of hydrogen-bond acceptors (Lipinski definition) is 9. The minimum absolute atomic E-state index is 0.0513. The zero-order valence-electron chi connectivity index (χ0n) is 31.5. The Hall–Kier alpha value is -2.73. The second-order valence-corrected chi connectivity index (χ2v) is 14.7. The monoisotopic (exact) mass is 675 g/mol. The molecule has 0 aliphatic heterocycles. The van der Waals surface area contributed by atoms with E-state index in [4.69, 9.17) is 19.9 Å². The van der Waals surface area contributed by atoms with Gasteiger partial charge >= 0.3 is 0 Å². The van der Waals surface area contributed by atoms with Gasteiger partial charge in [-0.25, -0.2) is 0 Å². The van der Waals surface area contributed by atoms with E-state index in [0.29, 0.717) is 56.6 Å². The zero-order valence-corrected chi connectivity index (χ0v) is 31.5. The SMILES string of the molecule is CCN(CC)Cc1cn(CC(C)(C)CNC(=O)[C@@H](C[C@H](O)[C@@H](N)C[C@H](Cc2ccc(OC)c(OCCCOC)c2)C(C)C)C(C)C)nn1. The Labute approximate surface area is 290 Å². The van der Waals surface area contributed by atoms with Crippen LogP contribution in [0.5, 0.6) is 11.5 Å². The summed E-state index contributed by atoms with van der Waals surface area (Å²) in [4.78, 5) is 15.8. The Morgan fingerprint density at radius 2 is 1.77 bits per heavy atom. The van der Waals surface area contributed by atoms with Gasteiger partial charge in [0.1, 0.15) is 0 Å². The van der Waals surface area contributed by atoms with Gasteiger partial charge in [-0.3, -0.25) is 14.4 Å². The summed E-state index contributed by atoms with van der Waals surface area (Å²) < 4.78 is 18.5. The summed E-state index contributed by atoms with van der Waals surface area (Å²) in [5.74, 6) is 1.64. The molecule has 2 rings (SSSR count). The fourth-order valence-corrected chi connectivity index (χ4v) is 5.98. The Morgan fingerprint density at radius 1 is 1.06 bits per heavy atom. The molecule has 0 radical (unpaired) electrons. The Morgan fingerprint density at radius 3 is 2.38 bits per heavy atom. The van der Waals surface area contributed by atoms with Gasteiger partial charge in [0.15, 0.2) is 11.5 Å². The van der Waals surface area contributed by atoms with E-state index in [1.54, 1.807) is 14.2 Å². The van der Waals surface area contributed by atoms with Crippen LogP contribution in [0.25, 0.3) is 0 Å². The average molecular weight is 675 g/mol. The molecule has 0 fully saturated rings. The minimum Gasteiger partial charge on any atom is -0.493 e. The van der Waals surface area contributed by atoms with Crippen molar-refractivity contribution in [3.8, 4) is 11.5 Å². The quantitative estimate of drug-likeness (QED) is 0.132. The zero-order chi connectivity index (χ0) is 35.9. The van der Waals surface area contributed by atoms with Crippen LogP contribution in [-0.4, -0.2) is 90.1 Å². The van der Waals surface area contributed by atoms with Crippen molar-refractivity contribution in [1.82, 2.24) is 25.2 Å². The summed E-state index contributed by atoms with van der Waals surface area (Å²) in [6.45, 7) is 21.9. The number of aliphatic hydroxyl groups is 1. The highest BCUT2D eigenvalue weighted by Crippen LogP contribution is 2.32. The summed E-state index contributed by atoms with van der Waals surface area (Å²) in [5, 5.41) is 23.1. The van der Waals surface area contributed by atoms with Crippen LogP contribution in [-0.2, 0) is 29.0 Å². The maximum Gasteiger partial charge on any atom is 0.223 e. The number of carbonyl (C=O) groups is 1. The summed E-state index contributed by atoms with van der Waals surface area (Å²) in [7, 11) is 3.32. The predicted molar refractivity (Wildman–Crippen MR) is 192 cm³/mol. The molecule has 0 saturated carbocycles. The minimum atomic E-state index is -0.799. The van der Waals surface area contributed by atoms with Crippen molar-refractivity contribution < 1.29 is 24.1 Å². The molecule has 0 bridgehead atoms. The molecule has 2 aromatic rings. The molecule has 0 unspecified atom stereocenters. The normalized spacial score (nSPS) is 14.7. The number of rotatable bonds is 24. The highest BCUT2D eigenvalue weighted by Gasteiger charge is 2.31. The predicted octanol–water partition coefficient (Wildman–Crippen LogP) is 4.94. The molecule has 1 aromatic carbocycles.